The number of esters is 1. The third kappa shape index (κ3) is 4.85. The van der Waals surface area contributed by atoms with Gasteiger partial charge in [-0.05, 0) is 27.7 Å². The van der Waals surface area contributed by atoms with Crippen molar-refractivity contribution in [2.45, 2.75) is 51.4 Å². The zero-order chi connectivity index (χ0) is 16.5. The van der Waals surface area contributed by atoms with Crippen LogP contribution in [0.5, 0.6) is 0 Å². The molecule has 21 heavy (non-hydrogen) atoms. The highest BCUT2D eigenvalue weighted by molar-refractivity contribution is 7.80. The van der Waals surface area contributed by atoms with E-state index in [-0.39, 0.29) is 13.2 Å². The second-order valence-corrected chi connectivity index (χ2v) is 6.16. The van der Waals surface area contributed by atoms with Crippen molar-refractivity contribution in [2.75, 3.05) is 13.2 Å². The highest BCUT2D eigenvalue weighted by atomic mass is 32.3. The molecule has 0 aromatic carbocycles. The molecule has 1 N–H and O–H groups in total. The lowest BCUT2D eigenvalue weighted by molar-refractivity contribution is -0.179. The Morgan fingerprint density at radius 1 is 1.57 bits per heavy atom. The predicted octanol–water partition coefficient (Wildman–Crippen LogP) is 0.617. The van der Waals surface area contributed by atoms with Crippen LogP contribution in [0.25, 0.3) is 0 Å². The zero-order valence-corrected chi connectivity index (χ0v) is 13.0. The van der Waals surface area contributed by atoms with Gasteiger partial charge in [0.15, 0.2) is 11.9 Å². The van der Waals surface area contributed by atoms with Crippen molar-refractivity contribution in [1.82, 2.24) is 0 Å². The summed E-state index contributed by atoms with van der Waals surface area (Å²) in [5, 5.41) is 0. The topological polar surface area (TPSA) is 108 Å². The molecule has 0 radical (unpaired) electrons. The lowest BCUT2D eigenvalue weighted by atomic mass is 9.97. The molecule has 1 aliphatic rings. The molecule has 0 aromatic heterocycles. The van der Waals surface area contributed by atoms with Crippen LogP contribution in [-0.4, -0.2) is 55.8 Å². The van der Waals surface area contributed by atoms with Gasteiger partial charge in [0.05, 0.1) is 13.2 Å². The number of alkyl halides is 1. The average molecular weight is 330 g/mol. The van der Waals surface area contributed by atoms with E-state index in [9.17, 15) is 17.6 Å². The molecule has 10 heteroatoms. The lowest BCUT2D eigenvalue weighted by Gasteiger charge is -2.30. The summed E-state index contributed by atoms with van der Waals surface area (Å²) in [5.41, 5.74) is -2.86. The summed E-state index contributed by atoms with van der Waals surface area (Å²) in [5.74, 6) is -2.43. The van der Waals surface area contributed by atoms with Crippen LogP contribution >= 0.6 is 0 Å². The summed E-state index contributed by atoms with van der Waals surface area (Å²) in [4.78, 5) is 11.7. The molecule has 0 bridgehead atoms. The molecule has 124 valence electrons. The van der Waals surface area contributed by atoms with Gasteiger partial charge in [0.2, 0.25) is 5.67 Å². The number of halogens is 1. The minimum absolute atomic E-state index is 0.107. The van der Waals surface area contributed by atoms with Crippen molar-refractivity contribution < 1.29 is 40.5 Å². The van der Waals surface area contributed by atoms with Crippen LogP contribution < -0.4 is 0 Å². The largest absolute Gasteiger partial charge is 0.464 e. The Bertz CT molecular complexity index is 486. The van der Waals surface area contributed by atoms with E-state index in [2.05, 4.69) is 8.92 Å². The van der Waals surface area contributed by atoms with E-state index in [0.717, 1.165) is 6.92 Å². The van der Waals surface area contributed by atoms with Crippen molar-refractivity contribution in [3.8, 4) is 0 Å². The van der Waals surface area contributed by atoms with Crippen LogP contribution in [0.4, 0.5) is 4.39 Å². The number of rotatable bonds is 6. The summed E-state index contributed by atoms with van der Waals surface area (Å²) in [7, 11) is -5.01. The Morgan fingerprint density at radius 3 is 2.52 bits per heavy atom. The second kappa shape index (κ2) is 6.13. The molecule has 0 aliphatic carbocycles. The molecule has 0 saturated carbocycles. The Morgan fingerprint density at radius 2 is 2.14 bits per heavy atom. The highest BCUT2D eigenvalue weighted by Crippen LogP contribution is 2.33. The maximum Gasteiger partial charge on any atom is 0.397 e. The zero-order valence-electron chi connectivity index (χ0n) is 12.2. The molecule has 1 heterocycles. The van der Waals surface area contributed by atoms with E-state index < -0.39 is 40.0 Å². The Hall–Kier alpha value is -0.810. The highest BCUT2D eigenvalue weighted by Gasteiger charge is 2.54. The van der Waals surface area contributed by atoms with E-state index in [4.69, 9.17) is 14.0 Å². The third-order valence-corrected chi connectivity index (χ3v) is 3.25. The molecule has 1 rings (SSSR count). The van der Waals surface area contributed by atoms with Gasteiger partial charge in [0, 0.05) is 0 Å². The molecule has 1 saturated heterocycles. The van der Waals surface area contributed by atoms with E-state index >= 15 is 0 Å². The van der Waals surface area contributed by atoms with E-state index in [1.807, 2.05) is 0 Å². The fourth-order valence-corrected chi connectivity index (χ4v) is 2.45. The molecular weight excluding hydrogens is 311 g/mol. The second-order valence-electron chi connectivity index (χ2n) is 5.11. The molecule has 1 aliphatic heterocycles. The van der Waals surface area contributed by atoms with Gasteiger partial charge in [0.1, 0.15) is 6.10 Å². The molecule has 1 fully saturated rings. The van der Waals surface area contributed by atoms with Gasteiger partial charge >= 0.3 is 16.4 Å². The van der Waals surface area contributed by atoms with Gasteiger partial charge in [0.25, 0.3) is 0 Å². The van der Waals surface area contributed by atoms with E-state index in [1.54, 1.807) is 0 Å². The number of hydrogen-bond acceptors (Lipinski definition) is 7. The summed E-state index contributed by atoms with van der Waals surface area (Å²) < 4.78 is 64.6. The van der Waals surface area contributed by atoms with Gasteiger partial charge in [-0.1, -0.05) is 0 Å². The van der Waals surface area contributed by atoms with Gasteiger partial charge in [-0.3, -0.25) is 4.55 Å². The summed E-state index contributed by atoms with van der Waals surface area (Å²) in [6.45, 7) is 4.98. The Balaban J connectivity index is 3.05. The minimum atomic E-state index is -5.01. The van der Waals surface area contributed by atoms with E-state index in [1.165, 1.54) is 20.8 Å². The third-order valence-electron chi connectivity index (χ3n) is 2.80. The predicted molar refractivity (Wildman–Crippen MR) is 67.5 cm³/mol. The lowest BCUT2D eigenvalue weighted by Crippen LogP contribution is -2.53. The standard InChI is InChI=1S/C11H19FO8S/c1-5-17-9(13)11(4,12)8(20-21(14,15)16)7-6-18-10(2,3)19-7/h7-8H,5-6H2,1-4H3,(H,14,15,16)/t7-,8-,11?/m1/s1. The number of hydrogen-bond donors (Lipinski definition) is 1. The summed E-state index contributed by atoms with van der Waals surface area (Å²) in [6, 6.07) is 0. The first-order valence-corrected chi connectivity index (χ1v) is 7.59. The van der Waals surface area contributed by atoms with Gasteiger partial charge < -0.3 is 14.2 Å². The minimum Gasteiger partial charge on any atom is -0.464 e. The number of carbonyl (C=O) groups excluding carboxylic acids is 1. The van der Waals surface area contributed by atoms with Crippen LogP contribution in [0, 0.1) is 0 Å². The molecule has 3 atom stereocenters. The quantitative estimate of drug-likeness (QED) is 0.557. The molecule has 8 nitrogen and oxygen atoms in total. The van der Waals surface area contributed by atoms with Gasteiger partial charge in [-0.15, -0.1) is 0 Å². The van der Waals surface area contributed by atoms with Crippen molar-refractivity contribution in [3.63, 3.8) is 0 Å². The molecule has 0 spiro atoms. The fraction of sp³-hybridized carbons (Fsp3) is 0.909. The van der Waals surface area contributed by atoms with Gasteiger partial charge in [-0.25, -0.2) is 13.4 Å². The van der Waals surface area contributed by atoms with Gasteiger partial charge in [-0.2, -0.15) is 8.42 Å². The first-order valence-electron chi connectivity index (χ1n) is 6.22. The Kier molecular flexibility index (Phi) is 5.32. The van der Waals surface area contributed by atoms with Crippen LogP contribution in [0.15, 0.2) is 0 Å². The van der Waals surface area contributed by atoms with E-state index in [0.29, 0.717) is 0 Å². The molecule has 1 unspecified atom stereocenters. The van der Waals surface area contributed by atoms with Crippen LogP contribution in [0.1, 0.15) is 27.7 Å². The fourth-order valence-electron chi connectivity index (χ4n) is 1.89. The van der Waals surface area contributed by atoms with Crippen LogP contribution in [-0.2, 0) is 33.6 Å². The van der Waals surface area contributed by atoms with Crippen molar-refractivity contribution in [2.24, 2.45) is 0 Å². The first-order chi connectivity index (χ1) is 9.39. The van der Waals surface area contributed by atoms with Crippen molar-refractivity contribution in [3.05, 3.63) is 0 Å². The maximum absolute atomic E-state index is 14.7. The first kappa shape index (κ1) is 18.2. The van der Waals surface area contributed by atoms with Crippen molar-refractivity contribution >= 4 is 16.4 Å². The number of ether oxygens (including phenoxy) is 3. The smallest absolute Gasteiger partial charge is 0.397 e. The monoisotopic (exact) mass is 330 g/mol. The van der Waals surface area contributed by atoms with Crippen molar-refractivity contribution in [1.29, 1.82) is 0 Å². The summed E-state index contributed by atoms with van der Waals surface area (Å²) in [6.07, 6.45) is -3.17. The molecular formula is C11H19FO8S. The van der Waals surface area contributed by atoms with Crippen LogP contribution in [0.2, 0.25) is 0 Å². The maximum atomic E-state index is 14.7. The SMILES string of the molecule is CCOC(=O)C(C)(F)[C@H](OS(=O)(=O)O)[C@H]1COC(C)(C)O1. The molecule has 0 aromatic rings. The molecule has 0 amide bonds. The Labute approximate surface area is 122 Å². The summed E-state index contributed by atoms with van der Waals surface area (Å²) >= 11 is 0. The van der Waals surface area contributed by atoms with Crippen LogP contribution in [0.3, 0.4) is 0 Å². The number of carbonyl (C=O) groups is 1. The average Bonchev–Trinajstić information content (AvgIpc) is 2.65. The normalized spacial score (nSPS) is 26.1.